The first-order chi connectivity index (χ1) is 24.9. The van der Waals surface area contributed by atoms with Crippen molar-refractivity contribution in [3.63, 3.8) is 0 Å². The van der Waals surface area contributed by atoms with E-state index >= 15 is 0 Å². The maximum absolute atomic E-state index is 13.3. The highest BCUT2D eigenvalue weighted by Gasteiger charge is 2.34. The molecule has 2 unspecified atom stereocenters. The van der Waals surface area contributed by atoms with Crippen molar-refractivity contribution in [2.75, 3.05) is 18.4 Å². The van der Waals surface area contributed by atoms with Gasteiger partial charge in [-0.05, 0) is 64.8 Å². The molecule has 0 saturated heterocycles. The van der Waals surface area contributed by atoms with Crippen molar-refractivity contribution < 1.29 is 19.2 Å². The predicted octanol–water partition coefficient (Wildman–Crippen LogP) is 5.05. The van der Waals surface area contributed by atoms with Gasteiger partial charge in [-0.25, -0.2) is 0 Å². The fourth-order valence-corrected chi connectivity index (χ4v) is 8.49. The first-order valence-corrected chi connectivity index (χ1v) is 18.9. The number of hydrogen-bond acceptors (Lipinski definition) is 10. The average Bonchev–Trinajstić information content (AvgIpc) is 3.71. The number of carbonyl (C=O) groups is 4. The Labute approximate surface area is 314 Å². The lowest BCUT2D eigenvalue weighted by Crippen LogP contribution is -2.40. The van der Waals surface area contributed by atoms with E-state index in [0.29, 0.717) is 28.8 Å². The predicted molar refractivity (Wildman–Crippen MR) is 205 cm³/mol. The second-order valence-electron chi connectivity index (χ2n) is 12.7. The molecule has 52 heavy (non-hydrogen) atoms. The van der Waals surface area contributed by atoms with E-state index in [2.05, 4.69) is 56.7 Å². The van der Waals surface area contributed by atoms with Crippen LogP contribution in [0.2, 0.25) is 0 Å². The largest absolute Gasteiger partial charge is 0.359 e. The first kappa shape index (κ1) is 37.0. The Kier molecular flexibility index (Phi) is 11.3. The molecule has 1 aliphatic carbocycles. The molecule has 0 radical (unpaired) electrons. The van der Waals surface area contributed by atoms with Crippen LogP contribution in [0.3, 0.4) is 0 Å². The number of para-hydroxylation sites is 1. The summed E-state index contributed by atoms with van der Waals surface area (Å²) in [5, 5.41) is 24.8. The van der Waals surface area contributed by atoms with E-state index in [1.807, 2.05) is 37.5 Å². The van der Waals surface area contributed by atoms with E-state index in [1.54, 1.807) is 35.6 Å². The maximum Gasteiger partial charge on any atom is 0.255 e. The third kappa shape index (κ3) is 8.16. The van der Waals surface area contributed by atoms with Crippen molar-refractivity contribution in [3.05, 3.63) is 91.3 Å². The molecule has 272 valence electrons. The lowest BCUT2D eigenvalue weighted by molar-refractivity contribution is -0.127. The molecule has 3 aromatic rings. The molecule has 6 rings (SSSR count). The Morgan fingerprint density at radius 3 is 2.46 bits per heavy atom. The zero-order chi connectivity index (χ0) is 37.1. The van der Waals surface area contributed by atoms with Crippen molar-refractivity contribution >= 4 is 69.7 Å². The highest BCUT2D eigenvalue weighted by molar-refractivity contribution is 8.03. The summed E-state index contributed by atoms with van der Waals surface area (Å²) in [7, 11) is 0. The number of allylic oxidation sites excluding steroid dienone is 6. The van der Waals surface area contributed by atoms with Gasteiger partial charge in [0.25, 0.3) is 5.91 Å². The summed E-state index contributed by atoms with van der Waals surface area (Å²) in [4.78, 5) is 59.0. The van der Waals surface area contributed by atoms with Gasteiger partial charge in [-0.15, -0.1) is 21.5 Å². The van der Waals surface area contributed by atoms with Gasteiger partial charge in [-0.1, -0.05) is 47.6 Å². The number of nitrogens with zero attached hydrogens (tertiary/aromatic N) is 4. The minimum atomic E-state index is -0.591. The van der Waals surface area contributed by atoms with Crippen LogP contribution in [0.15, 0.2) is 63.1 Å². The summed E-state index contributed by atoms with van der Waals surface area (Å²) in [6.07, 6.45) is 6.17. The average molecular weight is 762 g/mol. The number of aromatic nitrogens is 3. The molecule has 4 heterocycles. The summed E-state index contributed by atoms with van der Waals surface area (Å²) in [5.74, 6) is -0.445. The number of rotatable bonds is 11. The molecule has 3 aliphatic rings. The fraction of sp³-hybridized carbons (Fsp3) is 0.361. The van der Waals surface area contributed by atoms with E-state index in [4.69, 9.17) is 16.6 Å². The number of aryl methyl sites for hydroxylation is 2. The molecule has 0 saturated carbocycles. The summed E-state index contributed by atoms with van der Waals surface area (Å²) in [6.45, 7) is 10.2. The molecule has 16 heteroatoms. The first-order valence-electron chi connectivity index (χ1n) is 16.9. The molecule has 0 bridgehead atoms. The van der Waals surface area contributed by atoms with Crippen LogP contribution in [0.4, 0.5) is 5.69 Å². The van der Waals surface area contributed by atoms with Gasteiger partial charge < -0.3 is 26.6 Å². The number of hydrogen-bond donors (Lipinski definition) is 5. The lowest BCUT2D eigenvalue weighted by Gasteiger charge is -2.19. The van der Waals surface area contributed by atoms with Crippen LogP contribution in [0.25, 0.3) is 5.00 Å². The summed E-state index contributed by atoms with van der Waals surface area (Å²) < 4.78 is 2.00. The number of thiophene rings is 1. The molecule has 0 fully saturated rings. The number of fused-ring (bicyclic) bond motifs is 3. The summed E-state index contributed by atoms with van der Waals surface area (Å²) >= 11 is 9.40. The van der Waals surface area contributed by atoms with Gasteiger partial charge in [0.1, 0.15) is 23.3 Å². The number of thioether (sulfide) groups is 1. The van der Waals surface area contributed by atoms with Crippen molar-refractivity contribution in [1.82, 2.24) is 36.0 Å². The normalized spacial score (nSPS) is 19.1. The molecular formula is C36H40ClN9O4S2. The van der Waals surface area contributed by atoms with Gasteiger partial charge in [-0.3, -0.25) is 28.7 Å². The lowest BCUT2D eigenvalue weighted by atomic mass is 9.89. The van der Waals surface area contributed by atoms with Crippen LogP contribution in [-0.4, -0.2) is 62.7 Å². The number of amides is 4. The van der Waals surface area contributed by atoms with Gasteiger partial charge in [0, 0.05) is 45.1 Å². The second kappa shape index (κ2) is 15.9. The van der Waals surface area contributed by atoms with E-state index in [1.165, 1.54) is 16.6 Å². The van der Waals surface area contributed by atoms with Crippen molar-refractivity contribution in [2.45, 2.75) is 65.4 Å². The van der Waals surface area contributed by atoms with Gasteiger partial charge in [0.15, 0.2) is 11.3 Å². The van der Waals surface area contributed by atoms with Crippen LogP contribution in [0, 0.1) is 26.7 Å². The summed E-state index contributed by atoms with van der Waals surface area (Å²) in [6, 6.07) is 6.02. The highest BCUT2D eigenvalue weighted by Crippen LogP contribution is 2.41. The number of carbonyl (C=O) groups excluding carboxylic acids is 4. The number of nitrogens with one attached hydrogen (secondary N) is 5. The third-order valence-electron chi connectivity index (χ3n) is 9.02. The number of benzene rings is 1. The molecule has 4 amide bonds. The summed E-state index contributed by atoms with van der Waals surface area (Å²) in [5.41, 5.74) is 4.31. The van der Waals surface area contributed by atoms with Gasteiger partial charge >= 0.3 is 0 Å². The van der Waals surface area contributed by atoms with E-state index in [-0.39, 0.29) is 48.3 Å². The molecule has 0 spiro atoms. The standard InChI is InChI=1S/C36H40ClN9O4S2/c1-18-20(3)51-35-31(18)32(23-10-12-24(37)13-11-23)42-27(33-45-44-22(5)46(33)35)16-28(47)38-14-15-39-29(48)17-30(49)41-26-9-7-6-8-25(26)34(50)43-36-40-19(2)21(4)52-36/h6-10,12-13,23,27,36,40H,11,14-17H2,1-5H3,(H,38,47)(H,39,48)(H,41,49)(H,43,50)/t23?,27-,36?/m0/s1. The molecule has 1 aromatic carbocycles. The Morgan fingerprint density at radius 2 is 1.75 bits per heavy atom. The smallest absolute Gasteiger partial charge is 0.255 e. The van der Waals surface area contributed by atoms with E-state index < -0.39 is 24.3 Å². The fourth-order valence-electron chi connectivity index (χ4n) is 6.12. The Balaban J connectivity index is 1.03. The molecule has 2 aliphatic heterocycles. The minimum absolute atomic E-state index is 0.0186. The Bertz CT molecular complexity index is 2050. The van der Waals surface area contributed by atoms with Gasteiger partial charge in [0.2, 0.25) is 17.7 Å². The molecule has 5 N–H and O–H groups in total. The Hall–Kier alpha value is -4.73. The number of anilines is 1. The quantitative estimate of drug-likeness (QED) is 0.134. The van der Waals surface area contributed by atoms with Crippen LogP contribution < -0.4 is 26.6 Å². The topological polar surface area (TPSA) is 171 Å². The monoisotopic (exact) mass is 761 g/mol. The Morgan fingerprint density at radius 1 is 1.00 bits per heavy atom. The van der Waals surface area contributed by atoms with Gasteiger partial charge in [0.05, 0.1) is 23.4 Å². The maximum atomic E-state index is 13.3. The third-order valence-corrected chi connectivity index (χ3v) is 11.6. The van der Waals surface area contributed by atoms with Crippen molar-refractivity contribution in [1.29, 1.82) is 0 Å². The zero-order valence-corrected chi connectivity index (χ0v) is 31.8. The highest BCUT2D eigenvalue weighted by atomic mass is 35.5. The van der Waals surface area contributed by atoms with Crippen LogP contribution in [0.1, 0.15) is 77.2 Å². The second-order valence-corrected chi connectivity index (χ2v) is 15.7. The van der Waals surface area contributed by atoms with Crippen molar-refractivity contribution in [2.24, 2.45) is 10.9 Å². The van der Waals surface area contributed by atoms with Gasteiger partial charge in [-0.2, -0.15) is 0 Å². The number of halogens is 1. The van der Waals surface area contributed by atoms with Crippen LogP contribution in [-0.2, 0) is 14.4 Å². The number of aliphatic imine (C=N–C) groups is 1. The molecule has 13 nitrogen and oxygen atoms in total. The van der Waals surface area contributed by atoms with E-state index in [0.717, 1.165) is 32.4 Å². The minimum Gasteiger partial charge on any atom is -0.359 e. The van der Waals surface area contributed by atoms with Crippen molar-refractivity contribution in [3.8, 4) is 5.00 Å². The zero-order valence-electron chi connectivity index (χ0n) is 29.4. The van der Waals surface area contributed by atoms with E-state index in [9.17, 15) is 19.2 Å². The molecular weight excluding hydrogens is 722 g/mol. The van der Waals surface area contributed by atoms with Crippen LogP contribution in [0.5, 0.6) is 0 Å². The van der Waals surface area contributed by atoms with Crippen LogP contribution >= 0.6 is 34.7 Å². The molecule has 3 atom stereocenters. The molecule has 2 aromatic heterocycles. The SMILES string of the molecule is CC1=C(C)SC(NC(=O)c2ccccc2NC(=O)CC(=O)NCCNC(=O)C[C@@H]2N=C(C3C=CC(Cl)=CC3)c3c(sc(C)c3C)-n3c(C)nnc32)N1.